The van der Waals surface area contributed by atoms with Crippen molar-refractivity contribution in [2.24, 2.45) is 11.8 Å². The highest BCUT2D eigenvalue weighted by atomic mass is 32.2. The van der Waals surface area contributed by atoms with E-state index >= 15 is 0 Å². The molecule has 2 rings (SSSR count). The van der Waals surface area contributed by atoms with Crippen LogP contribution in [-0.4, -0.2) is 33.4 Å². The van der Waals surface area contributed by atoms with Crippen LogP contribution in [0.15, 0.2) is 23.1 Å². The molecular weight excluding hydrogens is 286 g/mol. The van der Waals surface area contributed by atoms with E-state index in [-0.39, 0.29) is 4.90 Å². The first kappa shape index (κ1) is 16.1. The average Bonchev–Trinajstić information content (AvgIpc) is 2.82. The highest BCUT2D eigenvalue weighted by Crippen LogP contribution is 2.31. The van der Waals surface area contributed by atoms with E-state index < -0.39 is 10.0 Å². The molecule has 0 bridgehead atoms. The molecule has 1 aliphatic carbocycles. The van der Waals surface area contributed by atoms with Crippen molar-refractivity contribution in [3.05, 3.63) is 18.2 Å². The van der Waals surface area contributed by atoms with Crippen LogP contribution in [0.5, 0.6) is 0 Å². The Morgan fingerprint density at radius 3 is 2.57 bits per heavy atom. The Balaban J connectivity index is 2.06. The van der Waals surface area contributed by atoms with Gasteiger partial charge in [-0.2, -0.15) is 0 Å². The van der Waals surface area contributed by atoms with E-state index in [9.17, 15) is 8.42 Å². The van der Waals surface area contributed by atoms with Crippen molar-refractivity contribution < 1.29 is 8.42 Å². The highest BCUT2D eigenvalue weighted by molar-refractivity contribution is 7.89. The first-order valence-corrected chi connectivity index (χ1v) is 8.80. The Hall–Kier alpha value is -1.27. The van der Waals surface area contributed by atoms with Crippen molar-refractivity contribution >= 4 is 21.4 Å². The number of nitrogen functional groups attached to an aromatic ring is 1. The summed E-state index contributed by atoms with van der Waals surface area (Å²) in [4.78, 5) is 0.227. The van der Waals surface area contributed by atoms with Gasteiger partial charge in [-0.25, -0.2) is 12.7 Å². The molecule has 6 heteroatoms. The molecule has 2 unspecified atom stereocenters. The summed E-state index contributed by atoms with van der Waals surface area (Å²) < 4.78 is 25.3. The van der Waals surface area contributed by atoms with Crippen LogP contribution in [0.3, 0.4) is 0 Å². The number of nitrogens with zero attached hydrogens (tertiary/aromatic N) is 1. The lowest BCUT2D eigenvalue weighted by Crippen LogP contribution is -2.22. The van der Waals surface area contributed by atoms with Crippen LogP contribution in [0.2, 0.25) is 0 Å². The lowest BCUT2D eigenvalue weighted by Gasteiger charge is -2.16. The van der Waals surface area contributed by atoms with Crippen LogP contribution < -0.4 is 11.1 Å². The maximum atomic E-state index is 12.0. The van der Waals surface area contributed by atoms with Crippen molar-refractivity contribution in [1.29, 1.82) is 0 Å². The number of benzene rings is 1. The molecule has 5 nitrogen and oxygen atoms in total. The molecule has 0 heterocycles. The van der Waals surface area contributed by atoms with Gasteiger partial charge in [-0.15, -0.1) is 0 Å². The van der Waals surface area contributed by atoms with E-state index in [2.05, 4.69) is 12.2 Å². The Kier molecular flexibility index (Phi) is 4.78. The minimum atomic E-state index is -3.43. The summed E-state index contributed by atoms with van der Waals surface area (Å²) in [5, 5.41) is 3.35. The van der Waals surface area contributed by atoms with Crippen molar-refractivity contribution in [3.8, 4) is 0 Å². The summed E-state index contributed by atoms with van der Waals surface area (Å²) >= 11 is 0. The molecule has 0 aliphatic heterocycles. The minimum absolute atomic E-state index is 0.227. The predicted octanol–water partition coefficient (Wildman–Crippen LogP) is 2.37. The molecule has 3 N–H and O–H groups in total. The predicted molar refractivity (Wildman–Crippen MR) is 86.7 cm³/mol. The van der Waals surface area contributed by atoms with Gasteiger partial charge in [-0.1, -0.05) is 13.3 Å². The van der Waals surface area contributed by atoms with Crippen LogP contribution in [0.1, 0.15) is 26.2 Å². The van der Waals surface area contributed by atoms with Gasteiger partial charge in [0, 0.05) is 20.6 Å². The summed E-state index contributed by atoms with van der Waals surface area (Å²) in [5.74, 6) is 1.49. The highest BCUT2D eigenvalue weighted by Gasteiger charge is 2.22. The minimum Gasteiger partial charge on any atom is -0.397 e. The van der Waals surface area contributed by atoms with Gasteiger partial charge in [-0.3, -0.25) is 0 Å². The SMILES string of the molecule is CC1CCC(CNc2ccc(S(=O)(=O)N(C)C)cc2N)C1. The molecule has 1 aliphatic rings. The number of nitrogens with two attached hydrogens (primary N) is 1. The third-order valence-electron chi connectivity index (χ3n) is 4.19. The summed E-state index contributed by atoms with van der Waals surface area (Å²) in [6, 6.07) is 4.88. The van der Waals surface area contributed by atoms with Crippen LogP contribution in [0.25, 0.3) is 0 Å². The molecule has 1 fully saturated rings. The Labute approximate surface area is 127 Å². The molecule has 1 aromatic carbocycles. The van der Waals surface area contributed by atoms with Crippen molar-refractivity contribution in [2.75, 3.05) is 31.7 Å². The topological polar surface area (TPSA) is 75.4 Å². The summed E-state index contributed by atoms with van der Waals surface area (Å²) in [5.41, 5.74) is 7.27. The molecule has 1 saturated carbocycles. The summed E-state index contributed by atoms with van der Waals surface area (Å²) in [6.07, 6.45) is 3.79. The fourth-order valence-corrected chi connectivity index (χ4v) is 3.78. The standard InChI is InChI=1S/C15H25N3O2S/c1-11-4-5-12(8-11)10-17-15-7-6-13(9-14(15)16)21(19,20)18(2)3/h6-7,9,11-12,17H,4-5,8,10,16H2,1-3H3. The first-order chi connectivity index (χ1) is 9.80. The number of hydrogen-bond acceptors (Lipinski definition) is 4. The van der Waals surface area contributed by atoms with Crippen LogP contribution in [0, 0.1) is 11.8 Å². The smallest absolute Gasteiger partial charge is 0.242 e. The summed E-state index contributed by atoms with van der Waals surface area (Å²) in [7, 11) is -0.403. The van der Waals surface area contributed by atoms with E-state index in [1.54, 1.807) is 12.1 Å². The molecule has 0 spiro atoms. The lowest BCUT2D eigenvalue weighted by molar-refractivity contribution is 0.521. The van der Waals surface area contributed by atoms with E-state index in [0.717, 1.165) is 18.2 Å². The zero-order valence-corrected chi connectivity index (χ0v) is 13.8. The molecule has 0 saturated heterocycles. The normalized spacial score (nSPS) is 22.7. The lowest BCUT2D eigenvalue weighted by atomic mass is 10.1. The van der Waals surface area contributed by atoms with Gasteiger partial charge in [0.15, 0.2) is 0 Å². The second kappa shape index (κ2) is 6.23. The monoisotopic (exact) mass is 311 g/mol. The van der Waals surface area contributed by atoms with Crippen molar-refractivity contribution in [1.82, 2.24) is 4.31 Å². The zero-order valence-electron chi connectivity index (χ0n) is 13.0. The van der Waals surface area contributed by atoms with E-state index in [1.165, 1.54) is 43.7 Å². The van der Waals surface area contributed by atoms with E-state index in [4.69, 9.17) is 5.73 Å². The fraction of sp³-hybridized carbons (Fsp3) is 0.600. The maximum absolute atomic E-state index is 12.0. The Bertz CT molecular complexity index is 599. The van der Waals surface area contributed by atoms with Crippen LogP contribution >= 0.6 is 0 Å². The number of hydrogen-bond donors (Lipinski definition) is 2. The quantitative estimate of drug-likeness (QED) is 0.819. The second-order valence-electron chi connectivity index (χ2n) is 6.20. The molecule has 0 amide bonds. The number of anilines is 2. The number of rotatable bonds is 5. The second-order valence-corrected chi connectivity index (χ2v) is 8.35. The van der Waals surface area contributed by atoms with E-state index in [1.807, 2.05) is 0 Å². The van der Waals surface area contributed by atoms with Gasteiger partial charge in [0.2, 0.25) is 10.0 Å². The Morgan fingerprint density at radius 2 is 2.05 bits per heavy atom. The first-order valence-electron chi connectivity index (χ1n) is 7.36. The van der Waals surface area contributed by atoms with Gasteiger partial charge in [-0.05, 0) is 42.9 Å². The average molecular weight is 311 g/mol. The fourth-order valence-electron chi connectivity index (χ4n) is 2.84. The number of nitrogens with one attached hydrogen (secondary N) is 1. The Morgan fingerprint density at radius 1 is 1.33 bits per heavy atom. The molecular formula is C15H25N3O2S. The molecule has 118 valence electrons. The largest absolute Gasteiger partial charge is 0.397 e. The van der Waals surface area contributed by atoms with Gasteiger partial charge < -0.3 is 11.1 Å². The van der Waals surface area contributed by atoms with Gasteiger partial charge in [0.25, 0.3) is 0 Å². The molecule has 1 aromatic rings. The van der Waals surface area contributed by atoms with Crippen molar-refractivity contribution in [3.63, 3.8) is 0 Å². The molecule has 0 radical (unpaired) electrons. The third-order valence-corrected chi connectivity index (χ3v) is 6.00. The zero-order chi connectivity index (χ0) is 15.6. The van der Waals surface area contributed by atoms with Crippen molar-refractivity contribution in [2.45, 2.75) is 31.1 Å². The van der Waals surface area contributed by atoms with E-state index in [0.29, 0.717) is 11.6 Å². The molecule has 0 aromatic heterocycles. The van der Waals surface area contributed by atoms with Gasteiger partial charge >= 0.3 is 0 Å². The third kappa shape index (κ3) is 3.68. The van der Waals surface area contributed by atoms with Gasteiger partial charge in [0.1, 0.15) is 0 Å². The molecule has 21 heavy (non-hydrogen) atoms. The number of sulfonamides is 1. The van der Waals surface area contributed by atoms with Crippen LogP contribution in [0.4, 0.5) is 11.4 Å². The maximum Gasteiger partial charge on any atom is 0.242 e. The summed E-state index contributed by atoms with van der Waals surface area (Å²) in [6.45, 7) is 3.18. The van der Waals surface area contributed by atoms with Crippen LogP contribution in [-0.2, 0) is 10.0 Å². The van der Waals surface area contributed by atoms with Gasteiger partial charge in [0.05, 0.1) is 16.3 Å². The molecule has 2 atom stereocenters.